The number of carbonyl (C=O) groups is 2. The number of nitrogens with zero attached hydrogens (tertiary/aromatic N) is 3. The van der Waals surface area contributed by atoms with Crippen molar-refractivity contribution in [3.05, 3.63) is 71.0 Å². The van der Waals surface area contributed by atoms with E-state index >= 15 is 0 Å². The summed E-state index contributed by atoms with van der Waals surface area (Å²) in [5.74, 6) is 0.0133. The van der Waals surface area contributed by atoms with Crippen LogP contribution in [0.25, 0.3) is 17.1 Å². The van der Waals surface area contributed by atoms with Crippen LogP contribution in [0, 0.1) is 64.1 Å². The average Bonchev–Trinajstić information content (AvgIpc) is 3.59. The number of methoxy groups -OCH3 is 1. The summed E-state index contributed by atoms with van der Waals surface area (Å²) in [7, 11) is 1.43. The first-order valence-corrected chi connectivity index (χ1v) is 21.1. The van der Waals surface area contributed by atoms with E-state index in [1.807, 2.05) is 20.0 Å². The van der Waals surface area contributed by atoms with Gasteiger partial charge in [0.15, 0.2) is 0 Å². The van der Waals surface area contributed by atoms with Gasteiger partial charge in [-0.3, -0.25) is 14.2 Å². The Bertz CT molecular complexity index is 1880. The Morgan fingerprint density at radius 3 is 2.02 bits per heavy atom. The highest BCUT2D eigenvalue weighted by Gasteiger charge is 2.52. The van der Waals surface area contributed by atoms with E-state index < -0.39 is 16.2 Å². The molecule has 3 rings (SSSR count). The van der Waals surface area contributed by atoms with Crippen LogP contribution in [0.4, 0.5) is 0 Å². The molecule has 2 aromatic carbocycles. The molecule has 7 nitrogen and oxygen atoms in total. The molecule has 0 bridgehead atoms. The third-order valence-corrected chi connectivity index (χ3v) is 13.4. The molecular weight excluding hydrogens is 707 g/mol. The van der Waals surface area contributed by atoms with Crippen molar-refractivity contribution < 1.29 is 19.1 Å². The second kappa shape index (κ2) is 17.9. The van der Waals surface area contributed by atoms with Crippen molar-refractivity contribution >= 4 is 11.9 Å². The summed E-state index contributed by atoms with van der Waals surface area (Å²) >= 11 is 0. The molecule has 0 radical (unpaired) electrons. The van der Waals surface area contributed by atoms with Crippen molar-refractivity contribution in [3.63, 3.8) is 0 Å². The number of hydrogen-bond donors (Lipinski definition) is 0. The van der Waals surface area contributed by atoms with Gasteiger partial charge in [0.2, 0.25) is 0 Å². The Balaban J connectivity index is 1.87. The molecule has 0 amide bonds. The highest BCUT2D eigenvalue weighted by Crippen LogP contribution is 2.52. The van der Waals surface area contributed by atoms with Gasteiger partial charge in [-0.25, -0.2) is 4.98 Å². The molecule has 7 heteroatoms. The maximum absolute atomic E-state index is 14.4. The molecule has 1 aromatic heterocycles. The summed E-state index contributed by atoms with van der Waals surface area (Å²) in [6.45, 7) is 34.2. The first-order valence-electron chi connectivity index (χ1n) is 21.1. The second-order valence-corrected chi connectivity index (χ2v) is 20.9. The van der Waals surface area contributed by atoms with E-state index in [9.17, 15) is 14.9 Å². The molecule has 0 aliphatic carbocycles. The summed E-state index contributed by atoms with van der Waals surface area (Å²) in [6.07, 6.45) is 8.02. The van der Waals surface area contributed by atoms with Crippen molar-refractivity contribution in [2.45, 2.75) is 155 Å². The van der Waals surface area contributed by atoms with Crippen molar-refractivity contribution in [1.82, 2.24) is 9.55 Å². The highest BCUT2D eigenvalue weighted by atomic mass is 16.5. The van der Waals surface area contributed by atoms with Gasteiger partial charge < -0.3 is 9.47 Å². The maximum Gasteiger partial charge on any atom is 0.312 e. The third kappa shape index (κ3) is 10.8. The molecular formula is C50H75N3O4. The van der Waals surface area contributed by atoms with Crippen LogP contribution in [-0.2, 0) is 30.9 Å². The van der Waals surface area contributed by atoms with Gasteiger partial charge in [0.25, 0.3) is 0 Å². The van der Waals surface area contributed by atoms with Crippen molar-refractivity contribution in [3.8, 4) is 23.1 Å². The minimum Gasteiger partial charge on any atom is -0.469 e. The van der Waals surface area contributed by atoms with Gasteiger partial charge >= 0.3 is 11.9 Å². The maximum atomic E-state index is 14.4. The topological polar surface area (TPSA) is 94.2 Å². The Morgan fingerprint density at radius 2 is 1.49 bits per heavy atom. The van der Waals surface area contributed by atoms with Crippen LogP contribution in [0.15, 0.2) is 48.8 Å². The number of carbonyl (C=O) groups excluding carboxylic acids is 2. The van der Waals surface area contributed by atoms with Gasteiger partial charge in [0.1, 0.15) is 5.82 Å². The van der Waals surface area contributed by atoms with E-state index in [1.54, 1.807) is 0 Å². The van der Waals surface area contributed by atoms with Crippen molar-refractivity contribution in [2.75, 3.05) is 13.7 Å². The molecule has 0 spiro atoms. The van der Waals surface area contributed by atoms with Crippen molar-refractivity contribution in [2.24, 2.45) is 38.9 Å². The number of imidazole rings is 1. The highest BCUT2D eigenvalue weighted by molar-refractivity contribution is 5.79. The number of benzene rings is 2. The number of nitriles is 1. The van der Waals surface area contributed by atoms with E-state index in [1.165, 1.54) is 18.2 Å². The first-order chi connectivity index (χ1) is 26.2. The van der Waals surface area contributed by atoms with Crippen LogP contribution in [-0.4, -0.2) is 35.2 Å². The Kier molecular flexibility index (Phi) is 14.9. The summed E-state index contributed by atoms with van der Waals surface area (Å²) in [6, 6.07) is 15.6. The van der Waals surface area contributed by atoms with Crippen LogP contribution < -0.4 is 0 Å². The predicted octanol–water partition coefficient (Wildman–Crippen LogP) is 12.6. The molecule has 0 N–H and O–H groups in total. The molecule has 0 saturated heterocycles. The molecule has 3 aromatic rings. The fourth-order valence-corrected chi connectivity index (χ4v) is 8.69. The summed E-state index contributed by atoms with van der Waals surface area (Å²) in [5.41, 5.74) is 4.41. The van der Waals surface area contributed by atoms with Crippen LogP contribution in [0.1, 0.15) is 151 Å². The largest absolute Gasteiger partial charge is 0.469 e. The Hall–Kier alpha value is -3.92. The van der Waals surface area contributed by atoms with Gasteiger partial charge in [0, 0.05) is 18.0 Å². The number of rotatable bonds is 17. The van der Waals surface area contributed by atoms with E-state index in [4.69, 9.17) is 14.5 Å². The van der Waals surface area contributed by atoms with Crippen LogP contribution in [0.2, 0.25) is 0 Å². The number of ether oxygens (including phenoxy) is 2. The standard InChI is InChI=1S/C50H75N3O4/c1-18-48(13,14)40-24-20-19-23-39(40)42-52-25-26-53(42)41-34(2)28-37(29-35(41)3)22-21-27-57-43(54)49(15,33-47(11,12)31-38(32-51)45(5,6)7)36(4)30-50(16,44(55)56-17)46(8,9)10/h19-20,23-26,28-29,36,38H,18,21-22,27,30-31,33H2,1-17H3. The molecule has 4 unspecified atom stereocenters. The van der Waals surface area contributed by atoms with E-state index in [-0.39, 0.29) is 46.6 Å². The van der Waals surface area contributed by atoms with E-state index in [2.05, 4.69) is 150 Å². The SMILES string of the molecule is CCC(C)(C)c1ccccc1-c1nccn1-c1c(C)cc(CCCOC(=O)C(C)(CC(C)(C)CC(C#N)C(C)(C)C)C(C)CC(C)(C(=O)OC)C(C)(C)C)cc1C. The molecule has 1 heterocycles. The lowest BCUT2D eigenvalue weighted by Gasteiger charge is -2.46. The summed E-state index contributed by atoms with van der Waals surface area (Å²) in [5, 5.41) is 10.1. The molecule has 314 valence electrons. The Labute approximate surface area is 346 Å². The predicted molar refractivity (Wildman–Crippen MR) is 234 cm³/mol. The van der Waals surface area contributed by atoms with Gasteiger partial charge in [-0.1, -0.05) is 119 Å². The number of aromatic nitrogens is 2. The zero-order valence-corrected chi connectivity index (χ0v) is 38.7. The normalized spacial score (nSPS) is 15.9. The lowest BCUT2D eigenvalue weighted by Crippen LogP contribution is -2.47. The number of esters is 2. The third-order valence-electron chi connectivity index (χ3n) is 13.4. The van der Waals surface area contributed by atoms with Crippen LogP contribution in [0.3, 0.4) is 0 Å². The lowest BCUT2D eigenvalue weighted by atomic mass is 9.57. The van der Waals surface area contributed by atoms with Crippen LogP contribution >= 0.6 is 0 Å². The molecule has 0 fully saturated rings. The zero-order valence-electron chi connectivity index (χ0n) is 38.7. The lowest BCUT2D eigenvalue weighted by molar-refractivity contribution is -0.169. The van der Waals surface area contributed by atoms with E-state index in [0.29, 0.717) is 25.7 Å². The Morgan fingerprint density at radius 1 is 0.895 bits per heavy atom. The fourth-order valence-electron chi connectivity index (χ4n) is 8.69. The molecule has 0 aliphatic rings. The molecule has 0 saturated carbocycles. The molecule has 57 heavy (non-hydrogen) atoms. The minimum atomic E-state index is -0.912. The summed E-state index contributed by atoms with van der Waals surface area (Å²) in [4.78, 5) is 32.6. The van der Waals surface area contributed by atoms with Gasteiger partial charge in [-0.15, -0.1) is 0 Å². The zero-order chi connectivity index (χ0) is 43.4. The first kappa shape index (κ1) is 47.5. The smallest absolute Gasteiger partial charge is 0.312 e. The van der Waals surface area contributed by atoms with Gasteiger partial charge in [-0.05, 0) is 116 Å². The van der Waals surface area contributed by atoms with Gasteiger partial charge in [0.05, 0.1) is 42.2 Å². The second-order valence-electron chi connectivity index (χ2n) is 20.9. The minimum absolute atomic E-state index is 0.0131. The number of hydrogen-bond acceptors (Lipinski definition) is 6. The van der Waals surface area contributed by atoms with E-state index in [0.717, 1.165) is 41.0 Å². The molecule has 0 aliphatic heterocycles. The van der Waals surface area contributed by atoms with Crippen molar-refractivity contribution in [1.29, 1.82) is 5.26 Å². The monoisotopic (exact) mass is 782 g/mol. The van der Waals surface area contributed by atoms with Gasteiger partial charge in [-0.2, -0.15) is 5.26 Å². The average molecular weight is 782 g/mol. The van der Waals surface area contributed by atoms with Crippen LogP contribution in [0.5, 0.6) is 0 Å². The fraction of sp³-hybridized carbons (Fsp3) is 0.640. The quantitative estimate of drug-likeness (QED) is 0.1000. The molecule has 4 atom stereocenters. The number of aryl methyl sites for hydroxylation is 3. The summed E-state index contributed by atoms with van der Waals surface area (Å²) < 4.78 is 13.8.